The van der Waals surface area contributed by atoms with Crippen molar-refractivity contribution in [3.05, 3.63) is 232 Å². The minimum absolute atomic E-state index is 0.0294. The zero-order valence-electron chi connectivity index (χ0n) is 87.5. The minimum atomic E-state index is -0.248. The molecule has 32 nitrogen and oxygen atoms in total. The summed E-state index contributed by atoms with van der Waals surface area (Å²) >= 11 is 0. The van der Waals surface area contributed by atoms with E-state index in [-0.39, 0.29) is 101 Å². The molecule has 0 radical (unpaired) electrons. The number of aryl methyl sites for hydroxylation is 2. The molecule has 4 aliphatic carbocycles. The quantitative estimate of drug-likeness (QED) is 0.0452. The van der Waals surface area contributed by atoms with Gasteiger partial charge in [-0.25, -0.2) is 24.6 Å². The smallest absolute Gasteiger partial charge is 0.308 e. The molecule has 7 fully saturated rings. The normalized spacial score (nSPS) is 22.3. The van der Waals surface area contributed by atoms with E-state index in [1.165, 1.54) is 78.3 Å². The molecule has 786 valence electrons. The van der Waals surface area contributed by atoms with Gasteiger partial charge in [0.15, 0.2) is 0 Å². The van der Waals surface area contributed by atoms with Crippen LogP contribution in [0.1, 0.15) is 256 Å². The Morgan fingerprint density at radius 3 is 1.02 bits per heavy atom. The highest BCUT2D eigenvalue weighted by Crippen LogP contribution is 2.45. The average Bonchev–Trinajstić information content (AvgIpc) is 1.63. The summed E-state index contributed by atoms with van der Waals surface area (Å²) in [6.45, 7) is 21.9. The van der Waals surface area contributed by atoms with Crippen molar-refractivity contribution in [1.82, 2.24) is 55.0 Å². The predicted molar refractivity (Wildman–Crippen MR) is 577 cm³/mol. The molecule has 4 aromatic heterocycles. The highest BCUT2D eigenvalue weighted by Gasteiger charge is 2.43. The van der Waals surface area contributed by atoms with Gasteiger partial charge in [0.2, 0.25) is 29.5 Å². The lowest BCUT2D eigenvalue weighted by molar-refractivity contribution is -0.147. The third-order valence-electron chi connectivity index (χ3n) is 30.8. The molecule has 3 saturated heterocycles. The SMILES string of the molecule is CCNC(=O)C1CCC(N2C(=NC(=O)c3ccccc3)Cc3cnc(OCCN4CCCCC4)cc32)CC1.COC(=O)C1CCC(N2C(=NC(=O)c3ccc(C)cc3)Cc3cnc(OCCN4CCCCC4)cc32)CC1.COC(=O)C1CCC(N2C(=NC(=O)c3ccccc3)Cc3cnc(OCCN4CCCCC4)cc32)CC1.Cc1ccc(C(=O)N=C2Cc3ccc(-n4cncn4)cc3N2C2CCC(C(=O)NC(C)C)CC2)cc1. The Morgan fingerprint density at radius 1 is 0.376 bits per heavy atom. The molecular weight excluding hydrogens is 1880 g/mol. The van der Waals surface area contributed by atoms with Crippen LogP contribution in [0.2, 0.25) is 0 Å². The van der Waals surface area contributed by atoms with Crippen LogP contribution >= 0.6 is 0 Å². The van der Waals surface area contributed by atoms with E-state index in [0.717, 1.165) is 247 Å². The van der Waals surface area contributed by atoms with Crippen LogP contribution in [0.3, 0.4) is 0 Å². The average molecular weight is 2030 g/mol. The first-order valence-corrected chi connectivity index (χ1v) is 54.3. The number of amidine groups is 4. The van der Waals surface area contributed by atoms with Crippen LogP contribution in [0.15, 0.2) is 197 Å². The number of pyridine rings is 3. The Balaban J connectivity index is 0.000000135. The van der Waals surface area contributed by atoms with Crippen molar-refractivity contribution >= 4 is 93.5 Å². The molecule has 6 amide bonds. The molecular formula is C117H145N19O13. The van der Waals surface area contributed by atoms with Crippen LogP contribution in [-0.2, 0) is 54.3 Å². The number of ether oxygens (including phenoxy) is 5. The molecule has 0 unspecified atom stereocenters. The number of methoxy groups -OCH3 is 2. The molecule has 5 aromatic carbocycles. The van der Waals surface area contributed by atoms with Crippen molar-refractivity contribution in [3.63, 3.8) is 0 Å². The van der Waals surface area contributed by atoms with Crippen molar-refractivity contribution in [1.29, 1.82) is 0 Å². The summed E-state index contributed by atoms with van der Waals surface area (Å²) in [5.74, 6) is 3.78. The Labute approximate surface area is 875 Å². The van der Waals surface area contributed by atoms with Crippen molar-refractivity contribution < 1.29 is 62.0 Å². The van der Waals surface area contributed by atoms with Crippen LogP contribution in [0.5, 0.6) is 17.6 Å². The summed E-state index contributed by atoms with van der Waals surface area (Å²) in [4.78, 5) is 154. The number of carbonyl (C=O) groups is 8. The maximum Gasteiger partial charge on any atom is 0.308 e. The second-order valence-corrected chi connectivity index (χ2v) is 41.5. The number of nitrogens with zero attached hydrogens (tertiary/aromatic N) is 17. The molecule has 20 rings (SSSR count). The van der Waals surface area contributed by atoms with Crippen molar-refractivity contribution in [2.75, 3.05) is 119 Å². The molecule has 0 spiro atoms. The lowest BCUT2D eigenvalue weighted by Gasteiger charge is -2.36. The fourth-order valence-corrected chi connectivity index (χ4v) is 22.7. The lowest BCUT2D eigenvalue weighted by Crippen LogP contribution is -2.44. The molecule has 9 aromatic rings. The summed E-state index contributed by atoms with van der Waals surface area (Å²) in [6.07, 6.45) is 35.6. The number of anilines is 4. The Morgan fingerprint density at radius 2 is 0.698 bits per heavy atom. The second-order valence-electron chi connectivity index (χ2n) is 41.5. The van der Waals surface area contributed by atoms with Gasteiger partial charge in [-0.3, -0.25) is 53.1 Å². The van der Waals surface area contributed by atoms with E-state index in [1.807, 2.05) is 162 Å². The van der Waals surface area contributed by atoms with Gasteiger partial charge in [-0.15, -0.1) is 0 Å². The van der Waals surface area contributed by atoms with Crippen molar-refractivity contribution in [3.8, 4) is 23.3 Å². The van der Waals surface area contributed by atoms with Gasteiger partial charge in [0, 0.05) is 175 Å². The topological polar surface area (TPSA) is 348 Å². The summed E-state index contributed by atoms with van der Waals surface area (Å²) in [6, 6.07) is 46.4. The van der Waals surface area contributed by atoms with E-state index < -0.39 is 0 Å². The molecule has 4 saturated carbocycles. The van der Waals surface area contributed by atoms with E-state index in [2.05, 4.69) is 102 Å². The Bertz CT molecular complexity index is 6190. The molecule has 0 atom stereocenters. The lowest BCUT2D eigenvalue weighted by atomic mass is 9.84. The van der Waals surface area contributed by atoms with E-state index >= 15 is 0 Å². The number of amides is 6. The number of aliphatic imine (C=N–C) groups is 4. The van der Waals surface area contributed by atoms with Gasteiger partial charge in [0.1, 0.15) is 55.8 Å². The predicted octanol–water partition coefficient (Wildman–Crippen LogP) is 17.4. The number of hydrogen-bond donors (Lipinski definition) is 2. The van der Waals surface area contributed by atoms with Gasteiger partial charge in [0.05, 0.1) is 48.8 Å². The van der Waals surface area contributed by atoms with Crippen LogP contribution in [0, 0.1) is 37.5 Å². The molecule has 2 N–H and O–H groups in total. The van der Waals surface area contributed by atoms with E-state index in [1.54, 1.807) is 35.3 Å². The third-order valence-corrected chi connectivity index (χ3v) is 30.8. The highest BCUT2D eigenvalue weighted by atomic mass is 16.5. The molecule has 7 aliphatic heterocycles. The van der Waals surface area contributed by atoms with Gasteiger partial charge in [-0.05, 0) is 281 Å². The number of aromatic nitrogens is 6. The number of nitrogens with one attached hydrogen (secondary N) is 2. The van der Waals surface area contributed by atoms with Crippen LogP contribution in [0.25, 0.3) is 5.69 Å². The fraction of sp³-hybridized carbons (Fsp3) is 0.496. The minimum Gasteiger partial charge on any atom is -0.476 e. The van der Waals surface area contributed by atoms with Crippen molar-refractivity contribution in [2.45, 2.75) is 251 Å². The Hall–Kier alpha value is -13.6. The molecule has 11 aliphatic rings. The molecule has 0 bridgehead atoms. The Kier molecular flexibility index (Phi) is 37.3. The van der Waals surface area contributed by atoms with E-state index in [4.69, 9.17) is 23.7 Å². The number of esters is 2. The maximum atomic E-state index is 13.1. The van der Waals surface area contributed by atoms with Gasteiger partial charge in [-0.2, -0.15) is 25.1 Å². The molecule has 149 heavy (non-hydrogen) atoms. The maximum absolute atomic E-state index is 13.1. The molecule has 11 heterocycles. The fourth-order valence-electron chi connectivity index (χ4n) is 22.7. The van der Waals surface area contributed by atoms with Crippen molar-refractivity contribution in [2.24, 2.45) is 43.6 Å². The van der Waals surface area contributed by atoms with Crippen LogP contribution < -0.4 is 44.4 Å². The largest absolute Gasteiger partial charge is 0.476 e. The first-order valence-electron chi connectivity index (χ1n) is 54.3. The summed E-state index contributed by atoms with van der Waals surface area (Å²) in [5, 5.41) is 10.3. The zero-order valence-corrected chi connectivity index (χ0v) is 87.5. The monoisotopic (exact) mass is 2020 g/mol. The van der Waals surface area contributed by atoms with Gasteiger partial charge in [0.25, 0.3) is 23.6 Å². The highest BCUT2D eigenvalue weighted by molar-refractivity contribution is 6.16. The number of fused-ring (bicyclic) bond motifs is 4. The number of hydrogen-bond acceptors (Lipinski definition) is 21. The summed E-state index contributed by atoms with van der Waals surface area (Å²) in [5.41, 5.74) is 13.8. The zero-order chi connectivity index (χ0) is 104. The third kappa shape index (κ3) is 27.9. The van der Waals surface area contributed by atoms with Crippen LogP contribution in [0.4, 0.5) is 22.7 Å². The van der Waals surface area contributed by atoms with Gasteiger partial charge in [-0.1, -0.05) is 97.1 Å². The van der Waals surface area contributed by atoms with E-state index in [0.29, 0.717) is 91.9 Å². The summed E-state index contributed by atoms with van der Waals surface area (Å²) < 4.78 is 29.9. The van der Waals surface area contributed by atoms with Crippen LogP contribution in [-0.4, -0.2) is 245 Å². The summed E-state index contributed by atoms with van der Waals surface area (Å²) in [7, 11) is 2.90. The number of benzene rings is 5. The molecule has 32 heteroatoms. The first-order chi connectivity index (χ1) is 72.6. The first kappa shape index (κ1) is 107. The number of carbonyl (C=O) groups excluding carboxylic acids is 8. The number of likely N-dealkylation sites (tertiary alicyclic amines) is 3. The standard InChI is InChI=1S/C30H39N5O3.C30H38N4O4.C29H36N4O4.C28H32N6O2/c1-2-31-29(36)23-11-13-25(14-12-23)35-26-20-28(38-18-17-34-15-7-4-8-16-34)32-21-24(26)19-27(35)33-30(37)22-9-5-3-6-10-22;1-21-6-8-22(9-7-21)29(35)32-27-18-24-20-31-28(38-17-16-33-14-4-3-5-15-33)19-26(24)34(27)25-12-10-23(11-13-25)30(36)37-2;1-36-29(35)22-10-12-24(13-11-22)33-25-19-27(37-17-16-32-14-6-3-7-15-32)30-20-23(25)18-26(33)31-28(34)21-8-4-2-5-9-21;1-18(2)31-27(35)21-8-11-23(12-9-21)34-25-15-24(33-17-29-16-30-33)13-10-22(25)14-26(34)32-28(36)20-6-4-19(3)5-7-20/h3,5-6,9-10,20-21,23,25H,2,4,7-8,11-19H2,1H3,(H,31,36);6-9,19-20,23,25H,3-5,10-18H2,1-2H3;2,4-5,8-9,19-20,22,24H,3,6-7,10-18H2,1H3;4-7,10,13,15-18,21,23H,8-9,11-12,14H2,1-3H3,(H,31,35). The van der Waals surface area contributed by atoms with Gasteiger partial charge < -0.3 is 53.9 Å². The van der Waals surface area contributed by atoms with Gasteiger partial charge >= 0.3 is 11.9 Å². The second kappa shape index (κ2) is 52.0. The number of piperidine rings is 3. The van der Waals surface area contributed by atoms with E-state index in [9.17, 15) is 38.4 Å². The number of rotatable bonds is 27.